The van der Waals surface area contributed by atoms with E-state index >= 15 is 0 Å². The van der Waals surface area contributed by atoms with Gasteiger partial charge in [-0.25, -0.2) is 4.79 Å². The van der Waals surface area contributed by atoms with Crippen molar-refractivity contribution in [2.24, 2.45) is 0 Å². The number of aliphatic carboxylic acids is 1. The van der Waals surface area contributed by atoms with Crippen LogP contribution in [0.3, 0.4) is 0 Å². The van der Waals surface area contributed by atoms with Gasteiger partial charge in [0.05, 0.1) is 13.6 Å². The predicted octanol–water partition coefficient (Wildman–Crippen LogP) is 1.01. The van der Waals surface area contributed by atoms with E-state index in [2.05, 4.69) is 6.92 Å². The van der Waals surface area contributed by atoms with Gasteiger partial charge in [-0.15, -0.1) is 0 Å². The molecule has 0 atom stereocenters. The number of carboxylic acids is 1. The van der Waals surface area contributed by atoms with E-state index in [4.69, 9.17) is 5.11 Å². The minimum Gasteiger partial charge on any atom is -0.472 e. The smallest absolute Gasteiger partial charge is 0.418 e. The Kier molecular flexibility index (Phi) is 4.59. The molecule has 1 heterocycles. The van der Waals surface area contributed by atoms with Crippen molar-refractivity contribution in [3.8, 4) is 0 Å². The molecule has 1 aliphatic rings. The summed E-state index contributed by atoms with van der Waals surface area (Å²) < 4.78 is 1.82. The molecule has 86 valence electrons. The van der Waals surface area contributed by atoms with Gasteiger partial charge in [-0.05, 0) is 12.8 Å². The lowest BCUT2D eigenvalue weighted by molar-refractivity contribution is -0.486. The number of carboxylic acid groups (broad SMARTS) is 1. The Hall–Kier alpha value is -1.06. The molecule has 0 aliphatic carbocycles. The summed E-state index contributed by atoms with van der Waals surface area (Å²) in [5.41, 5.74) is 0. The van der Waals surface area contributed by atoms with Crippen molar-refractivity contribution in [2.45, 2.75) is 32.6 Å². The van der Waals surface area contributed by atoms with Gasteiger partial charge in [-0.2, -0.15) is 0 Å². The highest BCUT2D eigenvalue weighted by Gasteiger charge is 2.33. The molecule has 1 N–H and O–H groups in total. The van der Waals surface area contributed by atoms with Gasteiger partial charge in [0.2, 0.25) is 0 Å². The van der Waals surface area contributed by atoms with E-state index in [-0.39, 0.29) is 0 Å². The number of likely N-dealkylation sites (N-methyl/N-ethyl adjacent to an activating group) is 1. The van der Waals surface area contributed by atoms with Crippen molar-refractivity contribution >= 4 is 11.8 Å². The van der Waals surface area contributed by atoms with Gasteiger partial charge in [0.15, 0.2) is 0 Å². The van der Waals surface area contributed by atoms with E-state index in [9.17, 15) is 4.79 Å². The number of rotatable bonds is 6. The van der Waals surface area contributed by atoms with E-state index < -0.39 is 5.97 Å². The summed E-state index contributed by atoms with van der Waals surface area (Å²) in [5.74, 6) is -0.336. The van der Waals surface area contributed by atoms with Crippen molar-refractivity contribution in [3.05, 3.63) is 0 Å². The molecule has 0 amide bonds. The average molecular weight is 213 g/mol. The molecule has 0 unspecified atom stereocenters. The van der Waals surface area contributed by atoms with Gasteiger partial charge < -0.3 is 5.11 Å². The topological polar surface area (TPSA) is 43.5 Å². The Labute approximate surface area is 91.2 Å². The van der Waals surface area contributed by atoms with Crippen molar-refractivity contribution in [1.29, 1.82) is 0 Å². The summed E-state index contributed by atoms with van der Waals surface area (Å²) in [6.07, 6.45) is 4.75. The molecule has 0 aromatic rings. The van der Waals surface area contributed by atoms with Gasteiger partial charge >= 0.3 is 11.8 Å². The van der Waals surface area contributed by atoms with Gasteiger partial charge in [-0.3, -0.25) is 9.48 Å². The number of unbranched alkanes of at least 4 members (excludes halogenated alkanes) is 3. The fraction of sp³-hybridized carbons (Fsp3) is 0.818. The average Bonchev–Trinajstić information content (AvgIpc) is 2.54. The summed E-state index contributed by atoms with van der Waals surface area (Å²) in [6.45, 7) is 4.74. The minimum atomic E-state index is -0.800. The van der Waals surface area contributed by atoms with Gasteiger partial charge in [0.1, 0.15) is 13.1 Å². The highest BCUT2D eigenvalue weighted by Crippen LogP contribution is 2.05. The number of hydrogen-bond acceptors (Lipinski definition) is 2. The highest BCUT2D eigenvalue weighted by molar-refractivity contribution is 6.32. The fourth-order valence-electron chi connectivity index (χ4n) is 1.97. The molecular formula is C11H21N2O2+. The lowest BCUT2D eigenvalue weighted by Gasteiger charge is -2.09. The van der Waals surface area contributed by atoms with Crippen molar-refractivity contribution in [2.75, 3.05) is 26.7 Å². The number of amidine groups is 1. The zero-order chi connectivity index (χ0) is 11.3. The maximum Gasteiger partial charge on any atom is 0.418 e. The monoisotopic (exact) mass is 213 g/mol. The first-order valence-corrected chi connectivity index (χ1v) is 5.73. The second kappa shape index (κ2) is 5.73. The second-order valence-corrected chi connectivity index (χ2v) is 4.10. The SMILES string of the molecule is CCCCCCN1CC[N+](C)=C1C(=O)O. The minimum absolute atomic E-state index is 0.464. The van der Waals surface area contributed by atoms with Gasteiger partial charge in [0, 0.05) is 0 Å². The molecule has 0 radical (unpaired) electrons. The van der Waals surface area contributed by atoms with Crippen LogP contribution in [-0.2, 0) is 4.79 Å². The Morgan fingerprint density at radius 3 is 2.80 bits per heavy atom. The maximum absolute atomic E-state index is 11.0. The van der Waals surface area contributed by atoms with Crippen LogP contribution in [-0.4, -0.2) is 53.1 Å². The molecule has 0 saturated carbocycles. The molecule has 15 heavy (non-hydrogen) atoms. The number of nitrogens with zero attached hydrogens (tertiary/aromatic N) is 2. The van der Waals surface area contributed by atoms with E-state index in [1.807, 2.05) is 16.5 Å². The molecule has 0 saturated heterocycles. The van der Waals surface area contributed by atoms with Crippen molar-refractivity contribution in [1.82, 2.24) is 4.90 Å². The largest absolute Gasteiger partial charge is 0.472 e. The van der Waals surface area contributed by atoms with Crippen LogP contribution >= 0.6 is 0 Å². The predicted molar refractivity (Wildman–Crippen MR) is 59.4 cm³/mol. The first-order chi connectivity index (χ1) is 7.16. The van der Waals surface area contributed by atoms with E-state index in [0.717, 1.165) is 26.1 Å². The van der Waals surface area contributed by atoms with E-state index in [1.54, 1.807) is 0 Å². The molecule has 0 aromatic heterocycles. The number of carbonyl (C=O) groups is 1. The summed E-state index contributed by atoms with van der Waals surface area (Å²) in [6, 6.07) is 0. The van der Waals surface area contributed by atoms with Crippen LogP contribution in [0.2, 0.25) is 0 Å². The third kappa shape index (κ3) is 3.22. The zero-order valence-electron chi connectivity index (χ0n) is 9.70. The van der Waals surface area contributed by atoms with Crippen LogP contribution in [0.5, 0.6) is 0 Å². The Bertz CT molecular complexity index is 261. The number of hydrogen-bond donors (Lipinski definition) is 1. The van der Waals surface area contributed by atoms with Crippen LogP contribution in [0.15, 0.2) is 0 Å². The van der Waals surface area contributed by atoms with Gasteiger partial charge in [-0.1, -0.05) is 19.8 Å². The second-order valence-electron chi connectivity index (χ2n) is 4.10. The maximum atomic E-state index is 11.0. The van der Waals surface area contributed by atoms with E-state index in [1.165, 1.54) is 19.3 Å². The van der Waals surface area contributed by atoms with Crippen LogP contribution < -0.4 is 0 Å². The Morgan fingerprint density at radius 2 is 2.20 bits per heavy atom. The molecule has 1 rings (SSSR count). The quantitative estimate of drug-likeness (QED) is 0.529. The summed E-state index contributed by atoms with van der Waals surface area (Å²) in [4.78, 5) is 13.0. The normalized spacial score (nSPS) is 16.3. The van der Waals surface area contributed by atoms with Crippen molar-refractivity contribution in [3.63, 3.8) is 0 Å². The molecule has 1 aliphatic heterocycles. The highest BCUT2D eigenvalue weighted by atomic mass is 16.4. The summed E-state index contributed by atoms with van der Waals surface area (Å²) >= 11 is 0. The Balaban J connectivity index is 2.39. The lowest BCUT2D eigenvalue weighted by atomic mass is 10.2. The lowest BCUT2D eigenvalue weighted by Crippen LogP contribution is -2.36. The fourth-order valence-corrected chi connectivity index (χ4v) is 1.97. The molecule has 4 nitrogen and oxygen atoms in total. The zero-order valence-corrected chi connectivity index (χ0v) is 9.70. The Morgan fingerprint density at radius 1 is 1.47 bits per heavy atom. The third-order valence-corrected chi connectivity index (χ3v) is 2.84. The van der Waals surface area contributed by atoms with Crippen LogP contribution in [0.4, 0.5) is 0 Å². The summed E-state index contributed by atoms with van der Waals surface area (Å²) in [5, 5.41) is 9.04. The van der Waals surface area contributed by atoms with Crippen molar-refractivity contribution < 1.29 is 14.5 Å². The van der Waals surface area contributed by atoms with Crippen LogP contribution in [0, 0.1) is 0 Å². The molecular weight excluding hydrogens is 192 g/mol. The third-order valence-electron chi connectivity index (χ3n) is 2.84. The van der Waals surface area contributed by atoms with E-state index in [0.29, 0.717) is 5.84 Å². The molecule has 0 fully saturated rings. The molecule has 0 spiro atoms. The first kappa shape index (κ1) is 12.0. The summed E-state index contributed by atoms with van der Waals surface area (Å²) in [7, 11) is 1.84. The standard InChI is InChI=1S/C11H20N2O2/c1-3-4-5-6-7-13-9-8-12(2)10(13)11(14)15/h3-9H2,1-2H3/p+1. The van der Waals surface area contributed by atoms with Crippen LogP contribution in [0.25, 0.3) is 0 Å². The molecule has 4 heteroatoms. The molecule has 0 aromatic carbocycles. The van der Waals surface area contributed by atoms with Gasteiger partial charge in [0.25, 0.3) is 0 Å². The molecule has 0 bridgehead atoms. The first-order valence-electron chi connectivity index (χ1n) is 5.73. The van der Waals surface area contributed by atoms with Crippen LogP contribution in [0.1, 0.15) is 32.6 Å².